The Morgan fingerprint density at radius 2 is 1.71 bits per heavy atom. The summed E-state index contributed by atoms with van der Waals surface area (Å²) in [5.41, 5.74) is 4.99. The van der Waals surface area contributed by atoms with E-state index < -0.39 is 5.97 Å². The highest BCUT2D eigenvalue weighted by atomic mass is 35.5. The van der Waals surface area contributed by atoms with Gasteiger partial charge in [0.15, 0.2) is 6.61 Å². The van der Waals surface area contributed by atoms with Crippen LogP contribution in [0.25, 0.3) is 5.57 Å². The van der Waals surface area contributed by atoms with Gasteiger partial charge in [-0.05, 0) is 109 Å². The van der Waals surface area contributed by atoms with E-state index in [2.05, 4.69) is 28.9 Å². The second kappa shape index (κ2) is 15.3. The number of carbonyl (C=O) groups is 1. The highest BCUT2D eigenvalue weighted by Crippen LogP contribution is 2.28. The van der Waals surface area contributed by atoms with Crippen molar-refractivity contribution in [3.63, 3.8) is 0 Å². The topological polar surface area (TPSA) is 79.2 Å². The van der Waals surface area contributed by atoms with E-state index in [9.17, 15) is 9.90 Å². The van der Waals surface area contributed by atoms with Gasteiger partial charge in [-0.15, -0.1) is 0 Å². The molecule has 0 atom stereocenters. The number of hydrogen-bond acceptors (Lipinski definition) is 5. The largest absolute Gasteiger partial charge is 0.489 e. The number of halogens is 1. The van der Waals surface area contributed by atoms with Crippen molar-refractivity contribution in [2.24, 2.45) is 5.92 Å². The van der Waals surface area contributed by atoms with Crippen LogP contribution < -0.4 is 9.47 Å². The number of rotatable bonds is 11. The summed E-state index contributed by atoms with van der Waals surface area (Å²) in [5, 5.41) is 18.9. The Labute approximate surface area is 247 Å². The summed E-state index contributed by atoms with van der Waals surface area (Å²) >= 11 is 6.16. The molecule has 0 radical (unpaired) electrons. The lowest BCUT2D eigenvalue weighted by molar-refractivity contribution is -0.139. The van der Waals surface area contributed by atoms with Gasteiger partial charge in [-0.3, -0.25) is 4.90 Å². The van der Waals surface area contributed by atoms with E-state index in [1.165, 1.54) is 0 Å². The number of carboxylic acid groups (broad SMARTS) is 1. The molecule has 1 aliphatic heterocycles. The first-order chi connectivity index (χ1) is 19.9. The molecule has 0 aliphatic carbocycles. The zero-order valence-electron chi connectivity index (χ0n) is 23.3. The van der Waals surface area contributed by atoms with Gasteiger partial charge in [0.1, 0.15) is 18.1 Å². The molecule has 1 fully saturated rings. The minimum atomic E-state index is -1.02. The third-order valence-corrected chi connectivity index (χ3v) is 7.41. The predicted octanol–water partition coefficient (Wildman–Crippen LogP) is 5.93. The molecule has 0 aromatic heterocycles. The van der Waals surface area contributed by atoms with Gasteiger partial charge < -0.3 is 19.7 Å². The molecule has 3 aromatic carbocycles. The second-order valence-electron chi connectivity index (χ2n) is 10.0. The van der Waals surface area contributed by atoms with Crippen molar-refractivity contribution in [1.29, 1.82) is 0 Å². The van der Waals surface area contributed by atoms with Crippen LogP contribution in [0.5, 0.6) is 11.5 Å². The molecule has 3 aromatic rings. The highest BCUT2D eigenvalue weighted by Gasteiger charge is 2.17. The van der Waals surface area contributed by atoms with Crippen molar-refractivity contribution in [2.45, 2.75) is 26.2 Å². The number of aryl methyl sites for hydroxylation is 1. The molecule has 1 saturated heterocycles. The van der Waals surface area contributed by atoms with Crippen LogP contribution in [0.2, 0.25) is 5.02 Å². The first-order valence-corrected chi connectivity index (χ1v) is 14.3. The highest BCUT2D eigenvalue weighted by molar-refractivity contribution is 6.30. The third-order valence-electron chi connectivity index (χ3n) is 7.15. The SMILES string of the molecule is CCc1cc(OCC(=O)O)ccc1OC/C=C(/c1ccc(Cl)cc1)c1ccc(C#CCN2CCC(CO)CC2)cc1. The Hall–Kier alpha value is -3.76. The molecule has 0 amide bonds. The molecule has 6 nitrogen and oxygen atoms in total. The number of likely N-dealkylation sites (tertiary alicyclic amines) is 1. The summed E-state index contributed by atoms with van der Waals surface area (Å²) in [6.07, 6.45) is 4.83. The minimum absolute atomic E-state index is 0.281. The van der Waals surface area contributed by atoms with Crippen LogP contribution in [-0.4, -0.2) is 60.5 Å². The molecule has 0 bridgehead atoms. The lowest BCUT2D eigenvalue weighted by atomic mass is 9.96. The number of aliphatic hydroxyl groups excluding tert-OH is 1. The Morgan fingerprint density at radius 3 is 2.34 bits per heavy atom. The van der Waals surface area contributed by atoms with Crippen LogP contribution >= 0.6 is 11.6 Å². The lowest BCUT2D eigenvalue weighted by Crippen LogP contribution is -2.34. The number of carboxylic acids is 1. The lowest BCUT2D eigenvalue weighted by Gasteiger charge is -2.29. The van der Waals surface area contributed by atoms with E-state index >= 15 is 0 Å². The standard InChI is InChI=1S/C34H36ClNO5/c1-2-27-22-31(41-24-34(38)39)13-14-33(27)40-21-17-32(29-9-11-30(35)12-10-29)28-7-5-25(6-8-28)4-3-18-36-19-15-26(23-37)16-20-36/h5-14,17,22,26,37H,2,15-16,18-21,23-24H2,1H3,(H,38,39)/b32-17+. The molecule has 7 heteroatoms. The summed E-state index contributed by atoms with van der Waals surface area (Å²) in [6, 6.07) is 21.3. The van der Waals surface area contributed by atoms with E-state index in [0.717, 1.165) is 72.5 Å². The van der Waals surface area contributed by atoms with Gasteiger partial charge in [0.2, 0.25) is 0 Å². The predicted molar refractivity (Wildman–Crippen MR) is 163 cm³/mol. The first kappa shape index (κ1) is 30.2. The molecule has 214 valence electrons. The molecule has 0 spiro atoms. The van der Waals surface area contributed by atoms with Gasteiger partial charge in [0, 0.05) is 17.2 Å². The van der Waals surface area contributed by atoms with Crippen molar-refractivity contribution < 1.29 is 24.5 Å². The van der Waals surface area contributed by atoms with Crippen LogP contribution in [0.1, 0.15) is 42.0 Å². The maximum atomic E-state index is 10.8. The van der Waals surface area contributed by atoms with Crippen molar-refractivity contribution in [3.05, 3.63) is 100 Å². The normalized spacial score (nSPS) is 14.3. The molecule has 4 rings (SSSR count). The summed E-state index contributed by atoms with van der Waals surface area (Å²) in [6.45, 7) is 4.96. The zero-order chi connectivity index (χ0) is 29.0. The van der Waals surface area contributed by atoms with Crippen molar-refractivity contribution in [2.75, 3.05) is 39.5 Å². The first-order valence-electron chi connectivity index (χ1n) is 13.9. The number of hydrogen-bond donors (Lipinski definition) is 2. The monoisotopic (exact) mass is 573 g/mol. The molecule has 41 heavy (non-hydrogen) atoms. The van der Waals surface area contributed by atoms with Crippen molar-refractivity contribution in [1.82, 2.24) is 4.90 Å². The summed E-state index contributed by atoms with van der Waals surface area (Å²) < 4.78 is 11.4. The Bertz CT molecular complexity index is 1380. The molecule has 2 N–H and O–H groups in total. The molecule has 1 heterocycles. The number of piperidine rings is 1. The molecule has 0 unspecified atom stereocenters. The number of aliphatic hydroxyl groups is 1. The summed E-state index contributed by atoms with van der Waals surface area (Å²) in [7, 11) is 0. The van der Waals surface area contributed by atoms with E-state index in [0.29, 0.717) is 23.3 Å². The number of nitrogens with zero attached hydrogens (tertiary/aromatic N) is 1. The second-order valence-corrected chi connectivity index (χ2v) is 10.5. The average molecular weight is 574 g/mol. The van der Waals surface area contributed by atoms with Crippen LogP contribution in [0.15, 0.2) is 72.8 Å². The Kier molecular flexibility index (Phi) is 11.3. The van der Waals surface area contributed by atoms with Gasteiger partial charge in [0.25, 0.3) is 0 Å². The fraction of sp³-hybridized carbons (Fsp3) is 0.324. The number of benzene rings is 3. The smallest absolute Gasteiger partial charge is 0.341 e. The molecule has 0 saturated carbocycles. The quantitative estimate of drug-likeness (QED) is 0.277. The van der Waals surface area contributed by atoms with Gasteiger partial charge in [0.05, 0.1) is 6.54 Å². The molecular formula is C34H36ClNO5. The third kappa shape index (κ3) is 9.12. The number of ether oxygens (including phenoxy) is 2. The van der Waals surface area contributed by atoms with E-state index in [1.54, 1.807) is 6.07 Å². The zero-order valence-corrected chi connectivity index (χ0v) is 24.1. The van der Waals surface area contributed by atoms with Crippen LogP contribution in [0.3, 0.4) is 0 Å². The van der Waals surface area contributed by atoms with E-state index in [4.69, 9.17) is 26.2 Å². The fourth-order valence-electron chi connectivity index (χ4n) is 4.77. The summed E-state index contributed by atoms with van der Waals surface area (Å²) in [5.74, 6) is 7.23. The van der Waals surface area contributed by atoms with Crippen LogP contribution in [0.4, 0.5) is 0 Å². The van der Waals surface area contributed by atoms with Gasteiger partial charge in [-0.2, -0.15) is 0 Å². The minimum Gasteiger partial charge on any atom is -0.489 e. The van der Waals surface area contributed by atoms with Crippen LogP contribution in [0, 0.1) is 17.8 Å². The number of aliphatic carboxylic acids is 1. The average Bonchev–Trinajstić information content (AvgIpc) is 3.00. The van der Waals surface area contributed by atoms with Gasteiger partial charge in [-0.1, -0.05) is 54.6 Å². The maximum absolute atomic E-state index is 10.8. The summed E-state index contributed by atoms with van der Waals surface area (Å²) in [4.78, 5) is 13.2. The molecule has 1 aliphatic rings. The van der Waals surface area contributed by atoms with Crippen molar-refractivity contribution in [3.8, 4) is 23.3 Å². The fourth-order valence-corrected chi connectivity index (χ4v) is 4.89. The maximum Gasteiger partial charge on any atom is 0.341 e. The van der Waals surface area contributed by atoms with Crippen molar-refractivity contribution >= 4 is 23.1 Å². The van der Waals surface area contributed by atoms with Gasteiger partial charge in [-0.25, -0.2) is 4.79 Å². The van der Waals surface area contributed by atoms with Crippen LogP contribution in [-0.2, 0) is 11.2 Å². The Morgan fingerprint density at radius 1 is 1.02 bits per heavy atom. The van der Waals surface area contributed by atoms with E-state index in [1.807, 2.05) is 61.5 Å². The van der Waals surface area contributed by atoms with Gasteiger partial charge >= 0.3 is 5.97 Å². The van der Waals surface area contributed by atoms with E-state index in [-0.39, 0.29) is 13.2 Å². The molecular weight excluding hydrogens is 538 g/mol. The Balaban J connectivity index is 1.46.